The van der Waals surface area contributed by atoms with E-state index in [1.165, 1.54) is 0 Å². The number of piperidine rings is 1. The minimum absolute atomic E-state index is 0.126. The Morgan fingerprint density at radius 3 is 2.82 bits per heavy atom. The zero-order chi connectivity index (χ0) is 16.1. The normalized spacial score (nSPS) is 29.4. The Labute approximate surface area is 132 Å². The van der Waals surface area contributed by atoms with Crippen LogP contribution in [0.1, 0.15) is 39.5 Å². The summed E-state index contributed by atoms with van der Waals surface area (Å²) in [5, 5.41) is 12.1. The van der Waals surface area contributed by atoms with E-state index >= 15 is 0 Å². The van der Waals surface area contributed by atoms with Crippen molar-refractivity contribution in [3.63, 3.8) is 0 Å². The van der Waals surface area contributed by atoms with E-state index < -0.39 is 11.9 Å². The Bertz CT molecular complexity index is 400. The van der Waals surface area contributed by atoms with E-state index in [4.69, 9.17) is 9.84 Å². The Hall–Kier alpha value is -1.30. The molecule has 0 aromatic rings. The number of hydrogen-bond donors (Lipinski definition) is 2. The van der Waals surface area contributed by atoms with E-state index in [2.05, 4.69) is 19.2 Å². The van der Waals surface area contributed by atoms with Gasteiger partial charge in [0.05, 0.1) is 12.0 Å². The van der Waals surface area contributed by atoms with Gasteiger partial charge in [-0.15, -0.1) is 0 Å². The van der Waals surface area contributed by atoms with Crippen LogP contribution in [0, 0.1) is 17.8 Å². The number of rotatable bonds is 4. The van der Waals surface area contributed by atoms with Crippen LogP contribution in [-0.4, -0.2) is 54.4 Å². The van der Waals surface area contributed by atoms with Crippen LogP contribution < -0.4 is 5.32 Å². The molecule has 2 heterocycles. The lowest BCUT2D eigenvalue weighted by Gasteiger charge is -2.34. The first-order chi connectivity index (χ1) is 10.5. The predicted octanol–water partition coefficient (Wildman–Crippen LogP) is 1.94. The maximum Gasteiger partial charge on any atom is 0.317 e. The van der Waals surface area contributed by atoms with Gasteiger partial charge in [-0.05, 0) is 37.5 Å². The molecule has 0 aromatic heterocycles. The van der Waals surface area contributed by atoms with Gasteiger partial charge in [0.15, 0.2) is 0 Å². The molecule has 0 aliphatic carbocycles. The molecule has 22 heavy (non-hydrogen) atoms. The zero-order valence-electron chi connectivity index (χ0n) is 13.6. The van der Waals surface area contributed by atoms with Gasteiger partial charge < -0.3 is 20.1 Å². The number of carbonyl (C=O) groups is 2. The molecule has 6 nitrogen and oxygen atoms in total. The van der Waals surface area contributed by atoms with Crippen LogP contribution in [0.4, 0.5) is 4.79 Å². The molecule has 126 valence electrons. The third-order valence-corrected chi connectivity index (χ3v) is 4.77. The molecule has 0 aromatic carbocycles. The predicted molar refractivity (Wildman–Crippen MR) is 82.6 cm³/mol. The molecule has 2 saturated heterocycles. The summed E-state index contributed by atoms with van der Waals surface area (Å²) in [7, 11) is 0. The van der Waals surface area contributed by atoms with Gasteiger partial charge in [0.25, 0.3) is 0 Å². The lowest BCUT2D eigenvalue weighted by Crippen LogP contribution is -2.48. The van der Waals surface area contributed by atoms with Gasteiger partial charge in [0, 0.05) is 26.2 Å². The summed E-state index contributed by atoms with van der Waals surface area (Å²) in [4.78, 5) is 24.9. The number of hydrogen-bond acceptors (Lipinski definition) is 3. The highest BCUT2D eigenvalue weighted by Gasteiger charge is 2.29. The Kier molecular flexibility index (Phi) is 6.06. The van der Waals surface area contributed by atoms with Crippen molar-refractivity contribution in [3.05, 3.63) is 0 Å². The second kappa shape index (κ2) is 7.81. The second-order valence-corrected chi connectivity index (χ2v) is 6.85. The highest BCUT2D eigenvalue weighted by atomic mass is 16.5. The minimum atomic E-state index is -0.804. The number of carbonyl (C=O) groups excluding carboxylic acids is 1. The van der Waals surface area contributed by atoms with E-state index in [1.807, 2.05) is 0 Å². The third-order valence-electron chi connectivity index (χ3n) is 4.77. The van der Waals surface area contributed by atoms with Gasteiger partial charge in [-0.1, -0.05) is 13.8 Å². The van der Waals surface area contributed by atoms with Crippen LogP contribution in [-0.2, 0) is 9.53 Å². The molecule has 0 spiro atoms. The largest absolute Gasteiger partial charge is 0.481 e. The van der Waals surface area contributed by atoms with Crippen molar-refractivity contribution in [2.45, 2.75) is 45.6 Å². The standard InChI is InChI=1S/C16H28N2O4/c1-11(2)14-8-12(5-7-22-14)9-17-16(21)18-6-3-4-13(10-18)15(19)20/h11-14H,3-10H2,1-2H3,(H,17,21)(H,19,20). The number of ether oxygens (including phenoxy) is 1. The first-order valence-corrected chi connectivity index (χ1v) is 8.34. The number of aliphatic carboxylic acids is 1. The molecule has 0 bridgehead atoms. The molecule has 2 fully saturated rings. The van der Waals surface area contributed by atoms with Crippen LogP contribution in [0.5, 0.6) is 0 Å². The van der Waals surface area contributed by atoms with Crippen molar-refractivity contribution >= 4 is 12.0 Å². The molecule has 6 heteroatoms. The maximum absolute atomic E-state index is 12.2. The lowest BCUT2D eigenvalue weighted by molar-refractivity contribution is -0.143. The molecule has 2 aliphatic heterocycles. The van der Waals surface area contributed by atoms with Crippen molar-refractivity contribution in [2.24, 2.45) is 17.8 Å². The SMILES string of the molecule is CC(C)C1CC(CNC(=O)N2CCCC(C(=O)O)C2)CCO1. The number of nitrogens with one attached hydrogen (secondary N) is 1. The highest BCUT2D eigenvalue weighted by molar-refractivity contribution is 5.76. The zero-order valence-corrected chi connectivity index (χ0v) is 13.6. The van der Waals surface area contributed by atoms with Crippen LogP contribution >= 0.6 is 0 Å². The summed E-state index contributed by atoms with van der Waals surface area (Å²) in [6, 6.07) is -0.126. The molecular weight excluding hydrogens is 284 g/mol. The monoisotopic (exact) mass is 312 g/mol. The first kappa shape index (κ1) is 17.1. The molecular formula is C16H28N2O4. The lowest BCUT2D eigenvalue weighted by atomic mass is 9.90. The van der Waals surface area contributed by atoms with Crippen molar-refractivity contribution in [1.29, 1.82) is 0 Å². The fraction of sp³-hybridized carbons (Fsp3) is 0.875. The molecule has 2 aliphatic rings. The molecule has 2 rings (SSSR count). The van der Waals surface area contributed by atoms with Crippen molar-refractivity contribution in [2.75, 3.05) is 26.2 Å². The number of nitrogens with zero attached hydrogens (tertiary/aromatic N) is 1. The molecule has 2 amide bonds. The number of likely N-dealkylation sites (tertiary alicyclic amines) is 1. The molecule has 3 unspecified atom stereocenters. The molecule has 0 saturated carbocycles. The third kappa shape index (κ3) is 4.60. The summed E-state index contributed by atoms with van der Waals surface area (Å²) >= 11 is 0. The van der Waals surface area contributed by atoms with Gasteiger partial charge >= 0.3 is 12.0 Å². The molecule has 2 N–H and O–H groups in total. The Morgan fingerprint density at radius 2 is 2.14 bits per heavy atom. The smallest absolute Gasteiger partial charge is 0.317 e. The van der Waals surface area contributed by atoms with Crippen molar-refractivity contribution in [1.82, 2.24) is 10.2 Å². The average Bonchev–Trinajstić information content (AvgIpc) is 2.53. The van der Waals surface area contributed by atoms with E-state index in [-0.39, 0.29) is 12.1 Å². The fourth-order valence-corrected chi connectivity index (χ4v) is 3.26. The maximum atomic E-state index is 12.2. The number of amides is 2. The first-order valence-electron chi connectivity index (χ1n) is 8.34. The van der Waals surface area contributed by atoms with Gasteiger partial charge in [0.1, 0.15) is 0 Å². The van der Waals surface area contributed by atoms with Crippen LogP contribution in [0.2, 0.25) is 0 Å². The Morgan fingerprint density at radius 1 is 1.36 bits per heavy atom. The summed E-state index contributed by atoms with van der Waals surface area (Å²) in [6.45, 7) is 6.70. The number of carboxylic acid groups (broad SMARTS) is 1. The van der Waals surface area contributed by atoms with Gasteiger partial charge in [-0.25, -0.2) is 4.79 Å². The van der Waals surface area contributed by atoms with Gasteiger partial charge in [0.2, 0.25) is 0 Å². The number of urea groups is 1. The summed E-state index contributed by atoms with van der Waals surface area (Å²) in [6.07, 6.45) is 3.66. The summed E-state index contributed by atoms with van der Waals surface area (Å²) < 4.78 is 5.74. The van der Waals surface area contributed by atoms with Crippen molar-refractivity contribution < 1.29 is 19.4 Å². The molecule has 3 atom stereocenters. The van der Waals surface area contributed by atoms with Crippen molar-refractivity contribution in [3.8, 4) is 0 Å². The van der Waals surface area contributed by atoms with E-state index in [0.717, 1.165) is 25.9 Å². The average molecular weight is 312 g/mol. The quantitative estimate of drug-likeness (QED) is 0.831. The van der Waals surface area contributed by atoms with Gasteiger partial charge in [-0.2, -0.15) is 0 Å². The van der Waals surface area contributed by atoms with E-state index in [0.29, 0.717) is 37.9 Å². The van der Waals surface area contributed by atoms with E-state index in [9.17, 15) is 9.59 Å². The highest BCUT2D eigenvalue weighted by Crippen LogP contribution is 2.24. The topological polar surface area (TPSA) is 78.9 Å². The Balaban J connectivity index is 1.76. The fourth-order valence-electron chi connectivity index (χ4n) is 3.26. The van der Waals surface area contributed by atoms with Crippen LogP contribution in [0.3, 0.4) is 0 Å². The number of carboxylic acids is 1. The molecule has 0 radical (unpaired) electrons. The second-order valence-electron chi connectivity index (χ2n) is 6.85. The summed E-state index contributed by atoms with van der Waals surface area (Å²) in [5.74, 6) is -0.281. The van der Waals surface area contributed by atoms with Crippen LogP contribution in [0.15, 0.2) is 0 Å². The minimum Gasteiger partial charge on any atom is -0.481 e. The van der Waals surface area contributed by atoms with Gasteiger partial charge in [-0.3, -0.25) is 4.79 Å². The summed E-state index contributed by atoms with van der Waals surface area (Å²) in [5.41, 5.74) is 0. The van der Waals surface area contributed by atoms with Crippen LogP contribution in [0.25, 0.3) is 0 Å². The van der Waals surface area contributed by atoms with E-state index in [1.54, 1.807) is 4.90 Å².